The molecule has 17 heavy (non-hydrogen) atoms. The van der Waals surface area contributed by atoms with Crippen molar-refractivity contribution in [2.45, 2.75) is 18.8 Å². The predicted molar refractivity (Wildman–Crippen MR) is 52.4 cm³/mol. The first kappa shape index (κ1) is 13.3. The Morgan fingerprint density at radius 2 is 1.82 bits per heavy atom. The van der Waals surface area contributed by atoms with Gasteiger partial charge >= 0.3 is 12.3 Å². The summed E-state index contributed by atoms with van der Waals surface area (Å²) in [5.74, 6) is -1.63. The van der Waals surface area contributed by atoms with Crippen LogP contribution in [0.4, 0.5) is 13.2 Å². The molecular weight excluding hydrogens is 239 g/mol. The molecule has 0 amide bonds. The minimum Gasteiger partial charge on any atom is -0.508 e. The summed E-state index contributed by atoms with van der Waals surface area (Å²) in [6, 6.07) is 3.54. The number of aromatic hydroxyl groups is 1. The van der Waals surface area contributed by atoms with Gasteiger partial charge in [-0.15, -0.1) is 0 Å². The lowest BCUT2D eigenvalue weighted by Crippen LogP contribution is -2.46. The summed E-state index contributed by atoms with van der Waals surface area (Å²) in [4.78, 5) is 10.6. The second-order valence-corrected chi connectivity index (χ2v) is 3.40. The second kappa shape index (κ2) is 5.05. The molecule has 1 aromatic rings. The maximum absolute atomic E-state index is 12.0. The van der Waals surface area contributed by atoms with Gasteiger partial charge in [-0.05, 0) is 24.1 Å². The number of phenols is 1. The number of carboxylic acids is 1. The van der Waals surface area contributed by atoms with Crippen LogP contribution >= 0.6 is 0 Å². The molecule has 0 aliphatic rings. The Labute approximate surface area is 94.7 Å². The van der Waals surface area contributed by atoms with Crippen LogP contribution in [-0.4, -0.2) is 28.5 Å². The Balaban J connectivity index is 2.73. The summed E-state index contributed by atoms with van der Waals surface area (Å²) >= 11 is 0. The second-order valence-electron chi connectivity index (χ2n) is 3.40. The summed E-state index contributed by atoms with van der Waals surface area (Å²) in [5.41, 5.74) is 0.381. The van der Waals surface area contributed by atoms with Gasteiger partial charge in [-0.1, -0.05) is 12.1 Å². The first-order valence-electron chi connectivity index (χ1n) is 4.63. The molecule has 4 nitrogen and oxygen atoms in total. The number of alkyl halides is 3. The third-order valence-corrected chi connectivity index (χ3v) is 2.01. The van der Waals surface area contributed by atoms with E-state index in [1.165, 1.54) is 24.3 Å². The van der Waals surface area contributed by atoms with Crippen LogP contribution in [-0.2, 0) is 11.2 Å². The average Bonchev–Trinajstić information content (AvgIpc) is 2.18. The standard InChI is InChI=1S/C10H10F3NO3/c11-10(12,13)14-8(9(16)17)5-6-1-3-7(15)4-2-6/h1-4,8,14-15H,5H2,(H,16,17)/t8-/m0/s1. The molecule has 7 heteroatoms. The van der Waals surface area contributed by atoms with Gasteiger partial charge < -0.3 is 10.2 Å². The van der Waals surface area contributed by atoms with Gasteiger partial charge in [-0.25, -0.2) is 5.32 Å². The van der Waals surface area contributed by atoms with Crippen LogP contribution in [0.15, 0.2) is 24.3 Å². The lowest BCUT2D eigenvalue weighted by molar-refractivity contribution is -0.174. The SMILES string of the molecule is O=C(O)[C@H](Cc1ccc(O)cc1)NC(F)(F)F. The average molecular weight is 249 g/mol. The third-order valence-electron chi connectivity index (χ3n) is 2.01. The molecule has 94 valence electrons. The van der Waals surface area contributed by atoms with E-state index in [-0.39, 0.29) is 12.2 Å². The molecule has 1 atom stereocenters. The van der Waals surface area contributed by atoms with Gasteiger partial charge in [-0.3, -0.25) is 4.79 Å². The van der Waals surface area contributed by atoms with E-state index in [2.05, 4.69) is 0 Å². The number of halogens is 3. The summed E-state index contributed by atoms with van der Waals surface area (Å²) in [6.45, 7) is 0. The summed E-state index contributed by atoms with van der Waals surface area (Å²) in [6.07, 6.45) is -5.07. The minimum atomic E-state index is -4.75. The van der Waals surface area contributed by atoms with Gasteiger partial charge in [0.1, 0.15) is 11.8 Å². The Hall–Kier alpha value is -1.76. The molecule has 0 aliphatic heterocycles. The van der Waals surface area contributed by atoms with Crippen molar-refractivity contribution in [3.63, 3.8) is 0 Å². The van der Waals surface area contributed by atoms with Crippen LogP contribution in [0.25, 0.3) is 0 Å². The fraction of sp³-hybridized carbons (Fsp3) is 0.300. The summed E-state index contributed by atoms with van der Waals surface area (Å²) in [5, 5.41) is 18.7. The Bertz CT molecular complexity index is 389. The highest BCUT2D eigenvalue weighted by molar-refractivity contribution is 5.74. The zero-order chi connectivity index (χ0) is 13.1. The van der Waals surface area contributed by atoms with E-state index in [0.717, 1.165) is 5.32 Å². The molecule has 0 aromatic heterocycles. The van der Waals surface area contributed by atoms with E-state index in [0.29, 0.717) is 5.56 Å². The van der Waals surface area contributed by atoms with Gasteiger partial charge in [0.2, 0.25) is 0 Å². The highest BCUT2D eigenvalue weighted by Gasteiger charge is 2.34. The van der Waals surface area contributed by atoms with E-state index in [1.807, 2.05) is 0 Å². The van der Waals surface area contributed by atoms with Gasteiger partial charge in [0.15, 0.2) is 0 Å². The number of phenolic OH excluding ortho intramolecular Hbond substituents is 1. The highest BCUT2D eigenvalue weighted by atomic mass is 19.4. The van der Waals surface area contributed by atoms with Crippen LogP contribution < -0.4 is 5.32 Å². The smallest absolute Gasteiger partial charge is 0.457 e. The minimum absolute atomic E-state index is 0.0376. The van der Waals surface area contributed by atoms with E-state index in [1.54, 1.807) is 0 Å². The molecule has 0 heterocycles. The molecule has 0 unspecified atom stereocenters. The number of carbonyl (C=O) groups is 1. The lowest BCUT2D eigenvalue weighted by atomic mass is 10.1. The van der Waals surface area contributed by atoms with Crippen molar-refractivity contribution in [1.29, 1.82) is 0 Å². The molecule has 0 radical (unpaired) electrons. The fourth-order valence-electron chi connectivity index (χ4n) is 1.27. The van der Waals surface area contributed by atoms with E-state index in [9.17, 15) is 18.0 Å². The van der Waals surface area contributed by atoms with Crippen LogP contribution in [0, 0.1) is 0 Å². The number of aliphatic carboxylic acids is 1. The number of hydrogen-bond acceptors (Lipinski definition) is 3. The molecular formula is C10H10F3NO3. The normalized spacial score (nSPS) is 13.4. The number of rotatable bonds is 4. The van der Waals surface area contributed by atoms with Gasteiger partial charge in [0.05, 0.1) is 0 Å². The monoisotopic (exact) mass is 249 g/mol. The molecule has 0 spiro atoms. The topological polar surface area (TPSA) is 69.6 Å². The molecule has 0 aliphatic carbocycles. The molecule has 1 aromatic carbocycles. The lowest BCUT2D eigenvalue weighted by Gasteiger charge is -2.16. The number of hydrogen-bond donors (Lipinski definition) is 3. The summed E-state index contributed by atoms with van der Waals surface area (Å²) in [7, 11) is 0. The van der Waals surface area contributed by atoms with Crippen molar-refractivity contribution in [2.24, 2.45) is 0 Å². The molecule has 0 saturated carbocycles. The highest BCUT2D eigenvalue weighted by Crippen LogP contribution is 2.15. The first-order chi connectivity index (χ1) is 7.78. The van der Waals surface area contributed by atoms with Crippen LogP contribution in [0.5, 0.6) is 5.75 Å². The van der Waals surface area contributed by atoms with E-state index in [4.69, 9.17) is 10.2 Å². The van der Waals surface area contributed by atoms with E-state index >= 15 is 0 Å². The van der Waals surface area contributed by atoms with Crippen LogP contribution in [0.3, 0.4) is 0 Å². The molecule has 0 saturated heterocycles. The first-order valence-corrected chi connectivity index (χ1v) is 4.63. The van der Waals surface area contributed by atoms with Gasteiger partial charge in [-0.2, -0.15) is 13.2 Å². The Morgan fingerprint density at radius 3 is 2.24 bits per heavy atom. The predicted octanol–water partition coefficient (Wildman–Crippen LogP) is 1.50. The quantitative estimate of drug-likeness (QED) is 0.707. The van der Waals surface area contributed by atoms with Crippen molar-refractivity contribution >= 4 is 5.97 Å². The van der Waals surface area contributed by atoms with E-state index < -0.39 is 18.3 Å². The molecule has 1 rings (SSSR count). The maximum Gasteiger partial charge on any atom is 0.457 e. The third kappa shape index (κ3) is 4.73. The number of carboxylic acid groups (broad SMARTS) is 1. The van der Waals surface area contributed by atoms with Crippen molar-refractivity contribution in [3.05, 3.63) is 29.8 Å². The van der Waals surface area contributed by atoms with Gasteiger partial charge in [0.25, 0.3) is 0 Å². The fourth-order valence-corrected chi connectivity index (χ4v) is 1.27. The summed E-state index contributed by atoms with van der Waals surface area (Å²) < 4.78 is 36.1. The molecule has 0 fully saturated rings. The van der Waals surface area contributed by atoms with Crippen molar-refractivity contribution in [1.82, 2.24) is 5.32 Å². The molecule has 3 N–H and O–H groups in total. The Morgan fingerprint density at radius 1 is 1.29 bits per heavy atom. The van der Waals surface area contributed by atoms with Crippen LogP contribution in [0.2, 0.25) is 0 Å². The zero-order valence-corrected chi connectivity index (χ0v) is 8.53. The zero-order valence-electron chi connectivity index (χ0n) is 8.53. The number of nitrogens with one attached hydrogen (secondary N) is 1. The Kier molecular flexibility index (Phi) is 3.95. The maximum atomic E-state index is 12.0. The van der Waals surface area contributed by atoms with Crippen molar-refractivity contribution in [2.75, 3.05) is 0 Å². The van der Waals surface area contributed by atoms with Crippen molar-refractivity contribution in [3.8, 4) is 5.75 Å². The van der Waals surface area contributed by atoms with Gasteiger partial charge in [0, 0.05) is 0 Å². The molecule has 0 bridgehead atoms. The number of benzene rings is 1. The largest absolute Gasteiger partial charge is 0.508 e. The van der Waals surface area contributed by atoms with Crippen LogP contribution in [0.1, 0.15) is 5.56 Å². The van der Waals surface area contributed by atoms with Crippen molar-refractivity contribution < 1.29 is 28.2 Å².